The lowest BCUT2D eigenvalue weighted by atomic mass is 9.81. The second kappa shape index (κ2) is 3.70. The molecule has 0 heterocycles. The first-order valence-corrected chi connectivity index (χ1v) is 5.17. The molecule has 2 unspecified atom stereocenters. The van der Waals surface area contributed by atoms with Gasteiger partial charge in [0.25, 0.3) is 0 Å². The highest BCUT2D eigenvalue weighted by Gasteiger charge is 2.25. The van der Waals surface area contributed by atoms with Gasteiger partial charge in [-0.3, -0.25) is 0 Å². The van der Waals surface area contributed by atoms with Crippen LogP contribution in [0.3, 0.4) is 0 Å². The fourth-order valence-electron chi connectivity index (χ4n) is 2.35. The van der Waals surface area contributed by atoms with Crippen LogP contribution in [0, 0.1) is 11.7 Å². The molecule has 1 aromatic carbocycles. The summed E-state index contributed by atoms with van der Waals surface area (Å²) >= 11 is 0. The summed E-state index contributed by atoms with van der Waals surface area (Å²) in [4.78, 5) is 0. The highest BCUT2D eigenvalue weighted by molar-refractivity contribution is 5.33. The number of rotatable bonds is 1. The van der Waals surface area contributed by atoms with Crippen molar-refractivity contribution in [2.75, 3.05) is 7.05 Å². The van der Waals surface area contributed by atoms with Gasteiger partial charge in [0.15, 0.2) is 0 Å². The SMILES string of the molecule is CNC1CC(C)Cc2c(F)cccc21. The first-order chi connectivity index (χ1) is 6.72. The van der Waals surface area contributed by atoms with Gasteiger partial charge < -0.3 is 5.32 Å². The molecule has 2 heteroatoms. The average molecular weight is 193 g/mol. The van der Waals surface area contributed by atoms with Crippen LogP contribution in [0.2, 0.25) is 0 Å². The van der Waals surface area contributed by atoms with Crippen molar-refractivity contribution in [3.8, 4) is 0 Å². The minimum Gasteiger partial charge on any atom is -0.313 e. The van der Waals surface area contributed by atoms with Gasteiger partial charge >= 0.3 is 0 Å². The Morgan fingerprint density at radius 3 is 2.93 bits per heavy atom. The van der Waals surface area contributed by atoms with Crippen molar-refractivity contribution in [1.29, 1.82) is 0 Å². The monoisotopic (exact) mass is 193 g/mol. The molecule has 2 atom stereocenters. The van der Waals surface area contributed by atoms with E-state index in [2.05, 4.69) is 12.2 Å². The minimum absolute atomic E-state index is 0.0469. The molecule has 0 fully saturated rings. The normalized spacial score (nSPS) is 25.9. The zero-order valence-electron chi connectivity index (χ0n) is 8.68. The maximum absolute atomic E-state index is 13.5. The summed E-state index contributed by atoms with van der Waals surface area (Å²) in [6.45, 7) is 2.18. The molecular weight excluding hydrogens is 177 g/mol. The summed E-state index contributed by atoms with van der Waals surface area (Å²) in [5.74, 6) is 0.520. The molecule has 0 spiro atoms. The molecule has 0 bridgehead atoms. The van der Waals surface area contributed by atoms with E-state index in [0.717, 1.165) is 24.0 Å². The van der Waals surface area contributed by atoms with E-state index in [1.807, 2.05) is 13.1 Å². The Hall–Kier alpha value is -0.890. The summed E-state index contributed by atoms with van der Waals surface area (Å²) in [5.41, 5.74) is 2.05. The van der Waals surface area contributed by atoms with Gasteiger partial charge in [-0.2, -0.15) is 0 Å². The molecule has 0 aromatic heterocycles. The van der Waals surface area contributed by atoms with E-state index in [4.69, 9.17) is 0 Å². The molecule has 0 radical (unpaired) electrons. The first kappa shape index (κ1) is 9.66. The van der Waals surface area contributed by atoms with Crippen molar-refractivity contribution in [1.82, 2.24) is 5.32 Å². The Morgan fingerprint density at radius 2 is 2.21 bits per heavy atom. The Labute approximate surface area is 84.3 Å². The predicted octanol–water partition coefficient (Wildman–Crippen LogP) is 2.67. The van der Waals surface area contributed by atoms with E-state index < -0.39 is 0 Å². The van der Waals surface area contributed by atoms with Crippen LogP contribution in [0.1, 0.15) is 30.5 Å². The molecule has 14 heavy (non-hydrogen) atoms. The van der Waals surface area contributed by atoms with Crippen molar-refractivity contribution >= 4 is 0 Å². The van der Waals surface area contributed by atoms with Gasteiger partial charge in [0, 0.05) is 6.04 Å². The van der Waals surface area contributed by atoms with Crippen LogP contribution in [0.15, 0.2) is 18.2 Å². The zero-order chi connectivity index (χ0) is 10.1. The molecule has 0 aliphatic heterocycles. The lowest BCUT2D eigenvalue weighted by molar-refractivity contribution is 0.389. The van der Waals surface area contributed by atoms with Crippen LogP contribution in [0.25, 0.3) is 0 Å². The van der Waals surface area contributed by atoms with Crippen LogP contribution in [-0.2, 0) is 6.42 Å². The number of benzene rings is 1. The molecule has 1 nitrogen and oxygen atoms in total. The second-order valence-corrected chi connectivity index (χ2v) is 4.19. The average Bonchev–Trinajstić information content (AvgIpc) is 2.18. The molecule has 76 valence electrons. The molecular formula is C12H16FN. The molecule has 1 aromatic rings. The number of nitrogens with one attached hydrogen (secondary N) is 1. The Balaban J connectivity index is 2.45. The molecule has 1 N–H and O–H groups in total. The fourth-order valence-corrected chi connectivity index (χ4v) is 2.35. The van der Waals surface area contributed by atoms with E-state index in [1.165, 1.54) is 0 Å². The summed E-state index contributed by atoms with van der Waals surface area (Å²) < 4.78 is 13.5. The fraction of sp³-hybridized carbons (Fsp3) is 0.500. The van der Waals surface area contributed by atoms with Crippen LogP contribution in [0.4, 0.5) is 4.39 Å². The van der Waals surface area contributed by atoms with E-state index in [9.17, 15) is 4.39 Å². The quantitative estimate of drug-likeness (QED) is 0.723. The third-order valence-electron chi connectivity index (χ3n) is 3.07. The van der Waals surface area contributed by atoms with Gasteiger partial charge in [-0.1, -0.05) is 19.1 Å². The molecule has 1 aliphatic carbocycles. The van der Waals surface area contributed by atoms with Gasteiger partial charge in [-0.15, -0.1) is 0 Å². The molecule has 0 saturated heterocycles. The summed E-state index contributed by atoms with van der Waals surface area (Å²) in [7, 11) is 1.94. The third kappa shape index (κ3) is 1.55. The number of hydrogen-bond acceptors (Lipinski definition) is 1. The van der Waals surface area contributed by atoms with Gasteiger partial charge in [0.2, 0.25) is 0 Å². The van der Waals surface area contributed by atoms with E-state index >= 15 is 0 Å². The van der Waals surface area contributed by atoms with Gasteiger partial charge in [0.05, 0.1) is 0 Å². The van der Waals surface area contributed by atoms with Crippen molar-refractivity contribution in [2.45, 2.75) is 25.8 Å². The van der Waals surface area contributed by atoms with E-state index in [-0.39, 0.29) is 5.82 Å². The molecule has 2 rings (SSSR count). The summed E-state index contributed by atoms with van der Waals surface area (Å²) in [6.07, 6.45) is 1.98. The Kier molecular flexibility index (Phi) is 2.55. The second-order valence-electron chi connectivity index (χ2n) is 4.19. The van der Waals surface area contributed by atoms with Crippen LogP contribution in [0.5, 0.6) is 0 Å². The number of fused-ring (bicyclic) bond motifs is 1. The topological polar surface area (TPSA) is 12.0 Å². The first-order valence-electron chi connectivity index (χ1n) is 5.17. The highest BCUT2D eigenvalue weighted by Crippen LogP contribution is 2.33. The molecule has 0 amide bonds. The van der Waals surface area contributed by atoms with Crippen LogP contribution in [-0.4, -0.2) is 7.05 Å². The lowest BCUT2D eigenvalue weighted by Crippen LogP contribution is -2.26. The summed E-state index contributed by atoms with van der Waals surface area (Å²) in [5, 5.41) is 3.25. The van der Waals surface area contributed by atoms with Crippen LogP contribution >= 0.6 is 0 Å². The maximum atomic E-state index is 13.5. The van der Waals surface area contributed by atoms with E-state index in [1.54, 1.807) is 12.1 Å². The number of hydrogen-bond donors (Lipinski definition) is 1. The van der Waals surface area contributed by atoms with Crippen LogP contribution < -0.4 is 5.32 Å². The lowest BCUT2D eigenvalue weighted by Gasteiger charge is -2.29. The predicted molar refractivity (Wildman–Crippen MR) is 55.7 cm³/mol. The molecule has 1 aliphatic rings. The van der Waals surface area contributed by atoms with Gasteiger partial charge in [-0.05, 0) is 43.0 Å². The van der Waals surface area contributed by atoms with E-state index in [0.29, 0.717) is 12.0 Å². The van der Waals surface area contributed by atoms with Crippen molar-refractivity contribution in [2.24, 2.45) is 5.92 Å². The highest BCUT2D eigenvalue weighted by atomic mass is 19.1. The Bertz CT molecular complexity index is 335. The van der Waals surface area contributed by atoms with Crippen molar-refractivity contribution < 1.29 is 4.39 Å². The molecule has 0 saturated carbocycles. The van der Waals surface area contributed by atoms with Crippen molar-refractivity contribution in [3.05, 3.63) is 35.1 Å². The Morgan fingerprint density at radius 1 is 1.43 bits per heavy atom. The smallest absolute Gasteiger partial charge is 0.126 e. The number of halogens is 1. The zero-order valence-corrected chi connectivity index (χ0v) is 8.68. The van der Waals surface area contributed by atoms with Gasteiger partial charge in [0.1, 0.15) is 5.82 Å². The third-order valence-corrected chi connectivity index (χ3v) is 3.07. The maximum Gasteiger partial charge on any atom is 0.126 e. The summed E-state index contributed by atoms with van der Waals surface area (Å²) in [6, 6.07) is 5.72. The standard InChI is InChI=1S/C12H16FN/c1-8-6-10-9(12(7-8)14-2)4-3-5-11(10)13/h3-5,8,12,14H,6-7H2,1-2H3. The minimum atomic E-state index is -0.0469. The van der Waals surface area contributed by atoms with Crippen molar-refractivity contribution in [3.63, 3.8) is 0 Å². The largest absolute Gasteiger partial charge is 0.313 e. The van der Waals surface area contributed by atoms with Gasteiger partial charge in [-0.25, -0.2) is 4.39 Å².